The molecule has 1 unspecified atom stereocenters. The molecule has 0 saturated carbocycles. The van der Waals surface area contributed by atoms with Crippen molar-refractivity contribution in [3.05, 3.63) is 53.7 Å². The molecule has 8 heteroatoms. The standard InChI is InChI=1S/C18H18F3N3O2/c19-18(20,21)13-3-5-14(6-4-13)24-16-10-12(7-8-22-16)17(25)23-11-15-2-1-9-26-15/h3-8,10,15H,1-2,9,11H2,(H,22,24)(H,23,25). The van der Waals surface area contributed by atoms with Crippen molar-refractivity contribution in [2.45, 2.75) is 25.1 Å². The zero-order valence-corrected chi connectivity index (χ0v) is 13.8. The highest BCUT2D eigenvalue weighted by Crippen LogP contribution is 2.30. The molecular weight excluding hydrogens is 347 g/mol. The third kappa shape index (κ3) is 4.72. The number of nitrogens with one attached hydrogen (secondary N) is 2. The van der Waals surface area contributed by atoms with Crippen LogP contribution in [0.1, 0.15) is 28.8 Å². The largest absolute Gasteiger partial charge is 0.416 e. The summed E-state index contributed by atoms with van der Waals surface area (Å²) in [4.78, 5) is 16.3. The van der Waals surface area contributed by atoms with Crippen LogP contribution in [-0.4, -0.2) is 30.1 Å². The maximum absolute atomic E-state index is 12.6. The minimum Gasteiger partial charge on any atom is -0.376 e. The lowest BCUT2D eigenvalue weighted by molar-refractivity contribution is -0.137. The fraction of sp³-hybridized carbons (Fsp3) is 0.333. The van der Waals surface area contributed by atoms with Gasteiger partial charge < -0.3 is 15.4 Å². The first-order valence-corrected chi connectivity index (χ1v) is 8.22. The second kappa shape index (κ2) is 7.74. The summed E-state index contributed by atoms with van der Waals surface area (Å²) >= 11 is 0. The van der Waals surface area contributed by atoms with Gasteiger partial charge in [-0.25, -0.2) is 4.98 Å². The number of halogens is 3. The minimum atomic E-state index is -4.38. The van der Waals surface area contributed by atoms with Crippen LogP contribution in [0.2, 0.25) is 0 Å². The van der Waals surface area contributed by atoms with E-state index in [0.717, 1.165) is 31.6 Å². The van der Waals surface area contributed by atoms with Gasteiger partial charge in [-0.05, 0) is 49.2 Å². The summed E-state index contributed by atoms with van der Waals surface area (Å²) in [5, 5.41) is 5.70. The lowest BCUT2D eigenvalue weighted by Crippen LogP contribution is -2.31. The van der Waals surface area contributed by atoms with Gasteiger partial charge in [-0.15, -0.1) is 0 Å². The van der Waals surface area contributed by atoms with Crippen LogP contribution in [0.25, 0.3) is 0 Å². The van der Waals surface area contributed by atoms with Crippen LogP contribution in [0.4, 0.5) is 24.7 Å². The highest BCUT2D eigenvalue weighted by molar-refractivity contribution is 5.94. The quantitative estimate of drug-likeness (QED) is 0.847. The molecule has 0 aliphatic carbocycles. The number of carbonyl (C=O) groups is 1. The van der Waals surface area contributed by atoms with Gasteiger partial charge in [-0.1, -0.05) is 0 Å². The summed E-state index contributed by atoms with van der Waals surface area (Å²) in [5.74, 6) is 0.118. The van der Waals surface area contributed by atoms with E-state index in [2.05, 4.69) is 15.6 Å². The molecule has 3 rings (SSSR count). The van der Waals surface area contributed by atoms with E-state index in [4.69, 9.17) is 4.74 Å². The molecule has 2 N–H and O–H groups in total. The first kappa shape index (κ1) is 18.2. The van der Waals surface area contributed by atoms with Crippen molar-refractivity contribution in [3.8, 4) is 0 Å². The summed E-state index contributed by atoms with van der Waals surface area (Å²) in [7, 11) is 0. The summed E-state index contributed by atoms with van der Waals surface area (Å²) < 4.78 is 43.2. The second-order valence-electron chi connectivity index (χ2n) is 5.97. The van der Waals surface area contributed by atoms with Crippen LogP contribution in [0.3, 0.4) is 0 Å². The van der Waals surface area contributed by atoms with Gasteiger partial charge in [0.15, 0.2) is 0 Å². The Morgan fingerprint density at radius 3 is 2.65 bits per heavy atom. The summed E-state index contributed by atoms with van der Waals surface area (Å²) in [6, 6.07) is 7.72. The maximum atomic E-state index is 12.6. The number of hydrogen-bond acceptors (Lipinski definition) is 4. The lowest BCUT2D eigenvalue weighted by Gasteiger charge is -2.12. The van der Waals surface area contributed by atoms with E-state index in [0.29, 0.717) is 23.6 Å². The highest BCUT2D eigenvalue weighted by Gasteiger charge is 2.29. The number of hydrogen-bond donors (Lipinski definition) is 2. The van der Waals surface area contributed by atoms with Gasteiger partial charge in [0.2, 0.25) is 0 Å². The van der Waals surface area contributed by atoms with E-state index in [-0.39, 0.29) is 12.0 Å². The van der Waals surface area contributed by atoms with Crippen molar-refractivity contribution in [1.29, 1.82) is 0 Å². The number of pyridine rings is 1. The maximum Gasteiger partial charge on any atom is 0.416 e. The highest BCUT2D eigenvalue weighted by atomic mass is 19.4. The topological polar surface area (TPSA) is 63.2 Å². The molecule has 1 aliphatic rings. The molecule has 0 spiro atoms. The molecule has 26 heavy (non-hydrogen) atoms. The van der Waals surface area contributed by atoms with Gasteiger partial charge in [0.05, 0.1) is 11.7 Å². The first-order chi connectivity index (χ1) is 12.4. The Morgan fingerprint density at radius 2 is 2.00 bits per heavy atom. The minimum absolute atomic E-state index is 0.0468. The van der Waals surface area contributed by atoms with Crippen molar-refractivity contribution in [2.24, 2.45) is 0 Å². The number of rotatable bonds is 5. The number of carbonyl (C=O) groups excluding carboxylic acids is 1. The summed E-state index contributed by atoms with van der Waals surface area (Å²) in [6.07, 6.45) is -0.940. The van der Waals surface area contributed by atoms with Crippen LogP contribution in [0.15, 0.2) is 42.6 Å². The van der Waals surface area contributed by atoms with Crippen LogP contribution < -0.4 is 10.6 Å². The first-order valence-electron chi connectivity index (χ1n) is 8.22. The molecule has 1 aromatic carbocycles. The number of nitrogens with zero attached hydrogens (tertiary/aromatic N) is 1. The van der Waals surface area contributed by atoms with Gasteiger partial charge in [-0.2, -0.15) is 13.2 Å². The van der Waals surface area contributed by atoms with E-state index >= 15 is 0 Å². The van der Waals surface area contributed by atoms with Crippen LogP contribution in [0.5, 0.6) is 0 Å². The molecule has 0 radical (unpaired) electrons. The second-order valence-corrected chi connectivity index (χ2v) is 5.97. The van der Waals surface area contributed by atoms with E-state index in [9.17, 15) is 18.0 Å². The van der Waals surface area contributed by atoms with Gasteiger partial charge in [-0.3, -0.25) is 4.79 Å². The molecule has 1 aliphatic heterocycles. The van der Waals surface area contributed by atoms with E-state index in [1.807, 2.05) is 0 Å². The Kier molecular flexibility index (Phi) is 5.41. The van der Waals surface area contributed by atoms with Gasteiger partial charge in [0.25, 0.3) is 5.91 Å². The number of anilines is 2. The molecule has 1 saturated heterocycles. The van der Waals surface area contributed by atoms with Crippen molar-refractivity contribution < 1.29 is 22.7 Å². The molecule has 1 amide bonds. The van der Waals surface area contributed by atoms with Crippen molar-refractivity contribution in [3.63, 3.8) is 0 Å². The molecule has 2 aromatic rings. The SMILES string of the molecule is O=C(NCC1CCCO1)c1ccnc(Nc2ccc(C(F)(F)F)cc2)c1. The summed E-state index contributed by atoms with van der Waals surface area (Å²) in [6.45, 7) is 1.17. The van der Waals surface area contributed by atoms with Crippen molar-refractivity contribution in [1.82, 2.24) is 10.3 Å². The number of alkyl halides is 3. The van der Waals surface area contributed by atoms with E-state index in [1.165, 1.54) is 18.3 Å². The van der Waals surface area contributed by atoms with E-state index in [1.54, 1.807) is 12.1 Å². The zero-order chi connectivity index (χ0) is 18.6. The molecule has 5 nitrogen and oxygen atoms in total. The Hall–Kier alpha value is -2.61. The normalized spacial score (nSPS) is 17.1. The number of ether oxygens (including phenoxy) is 1. The smallest absolute Gasteiger partial charge is 0.376 e. The zero-order valence-electron chi connectivity index (χ0n) is 13.8. The van der Waals surface area contributed by atoms with Crippen LogP contribution >= 0.6 is 0 Å². The molecule has 2 heterocycles. The Bertz CT molecular complexity index is 757. The third-order valence-electron chi connectivity index (χ3n) is 4.02. The van der Waals surface area contributed by atoms with Crippen LogP contribution in [0, 0.1) is 0 Å². The average molecular weight is 365 g/mol. The number of aromatic nitrogens is 1. The molecular formula is C18H18F3N3O2. The van der Waals surface area contributed by atoms with Crippen molar-refractivity contribution in [2.75, 3.05) is 18.5 Å². The monoisotopic (exact) mass is 365 g/mol. The molecule has 1 atom stereocenters. The van der Waals surface area contributed by atoms with E-state index < -0.39 is 11.7 Å². The fourth-order valence-corrected chi connectivity index (χ4v) is 2.64. The Morgan fingerprint density at radius 1 is 1.23 bits per heavy atom. The van der Waals surface area contributed by atoms with Crippen LogP contribution in [-0.2, 0) is 10.9 Å². The Balaban J connectivity index is 1.62. The van der Waals surface area contributed by atoms with Crippen molar-refractivity contribution >= 4 is 17.4 Å². The molecule has 1 aromatic heterocycles. The number of amides is 1. The van der Waals surface area contributed by atoms with Gasteiger partial charge in [0, 0.05) is 30.6 Å². The number of benzene rings is 1. The predicted molar refractivity (Wildman–Crippen MR) is 90.3 cm³/mol. The molecule has 0 bridgehead atoms. The van der Waals surface area contributed by atoms with Gasteiger partial charge in [0.1, 0.15) is 5.82 Å². The molecule has 138 valence electrons. The van der Waals surface area contributed by atoms with Gasteiger partial charge >= 0.3 is 6.18 Å². The Labute approximate surface area is 148 Å². The lowest BCUT2D eigenvalue weighted by atomic mass is 10.2. The molecule has 1 fully saturated rings. The summed E-state index contributed by atoms with van der Waals surface area (Å²) in [5.41, 5.74) is 0.132. The third-order valence-corrected chi connectivity index (χ3v) is 4.02. The fourth-order valence-electron chi connectivity index (χ4n) is 2.64. The average Bonchev–Trinajstić information content (AvgIpc) is 3.13. The predicted octanol–water partition coefficient (Wildman–Crippen LogP) is 3.75.